The van der Waals surface area contributed by atoms with Crippen molar-refractivity contribution in [1.29, 1.82) is 0 Å². The van der Waals surface area contributed by atoms with Gasteiger partial charge in [0, 0.05) is 6.04 Å². The first-order valence-electron chi connectivity index (χ1n) is 5.39. The maximum Gasteiger partial charge on any atom is 0.509 e. The van der Waals surface area contributed by atoms with Crippen LogP contribution in [0.25, 0.3) is 0 Å². The molecule has 1 N–H and O–H groups in total. The summed E-state index contributed by atoms with van der Waals surface area (Å²) in [6, 6.07) is 0.241. The Morgan fingerprint density at radius 3 is 2.60 bits per heavy atom. The largest absolute Gasteiger partial charge is 0.509 e. The van der Waals surface area contributed by atoms with Crippen molar-refractivity contribution < 1.29 is 19.1 Å². The molecule has 5 heteroatoms. The van der Waals surface area contributed by atoms with Gasteiger partial charge in [-0.1, -0.05) is 19.3 Å². The second-order valence-corrected chi connectivity index (χ2v) is 4.01. The molecule has 1 unspecified atom stereocenters. The standard InChI is InChI=1S/C10H15NO4/c12-9(8-6-14-10(13)15-8)11-7-4-2-1-3-5-7/h7-8H,1-6H2,(H,11,12). The molecule has 0 aromatic carbocycles. The van der Waals surface area contributed by atoms with Gasteiger partial charge >= 0.3 is 6.16 Å². The third-order valence-corrected chi connectivity index (χ3v) is 2.84. The zero-order valence-electron chi connectivity index (χ0n) is 8.53. The van der Waals surface area contributed by atoms with E-state index in [1.165, 1.54) is 6.42 Å². The lowest BCUT2D eigenvalue weighted by molar-refractivity contribution is -0.128. The van der Waals surface area contributed by atoms with Gasteiger partial charge in [0.15, 0.2) is 0 Å². The molecule has 1 saturated heterocycles. The number of nitrogens with one attached hydrogen (secondary N) is 1. The van der Waals surface area contributed by atoms with Crippen molar-refractivity contribution in [3.05, 3.63) is 0 Å². The number of amides is 1. The number of ether oxygens (including phenoxy) is 2. The van der Waals surface area contributed by atoms with Crippen LogP contribution in [0.1, 0.15) is 32.1 Å². The number of hydrogen-bond donors (Lipinski definition) is 1. The monoisotopic (exact) mass is 213 g/mol. The number of hydrogen-bond acceptors (Lipinski definition) is 4. The Morgan fingerprint density at radius 2 is 2.00 bits per heavy atom. The quantitative estimate of drug-likeness (QED) is 0.694. The molecule has 2 rings (SSSR count). The molecule has 0 spiro atoms. The molecule has 1 amide bonds. The van der Waals surface area contributed by atoms with Gasteiger partial charge in [-0.05, 0) is 12.8 Å². The molecule has 1 aliphatic heterocycles. The summed E-state index contributed by atoms with van der Waals surface area (Å²) >= 11 is 0. The third-order valence-electron chi connectivity index (χ3n) is 2.84. The van der Waals surface area contributed by atoms with Crippen LogP contribution in [0.2, 0.25) is 0 Å². The van der Waals surface area contributed by atoms with Crippen LogP contribution in [0.4, 0.5) is 4.79 Å². The Bertz CT molecular complexity index is 260. The van der Waals surface area contributed by atoms with Crippen molar-refractivity contribution in [2.75, 3.05) is 6.61 Å². The van der Waals surface area contributed by atoms with Crippen molar-refractivity contribution >= 4 is 12.1 Å². The predicted octanol–water partition coefficient (Wildman–Crippen LogP) is 0.971. The van der Waals surface area contributed by atoms with E-state index in [2.05, 4.69) is 10.1 Å². The lowest BCUT2D eigenvalue weighted by Crippen LogP contribution is -2.43. The van der Waals surface area contributed by atoms with E-state index >= 15 is 0 Å². The van der Waals surface area contributed by atoms with Gasteiger partial charge < -0.3 is 14.8 Å². The number of carbonyl (C=O) groups is 2. The fraction of sp³-hybridized carbons (Fsp3) is 0.800. The Hall–Kier alpha value is -1.26. The highest BCUT2D eigenvalue weighted by atomic mass is 16.8. The van der Waals surface area contributed by atoms with Crippen LogP contribution in [0.15, 0.2) is 0 Å². The van der Waals surface area contributed by atoms with Crippen molar-refractivity contribution in [2.24, 2.45) is 0 Å². The average molecular weight is 213 g/mol. The molecular weight excluding hydrogens is 198 g/mol. The van der Waals surface area contributed by atoms with Gasteiger partial charge in [0.25, 0.3) is 5.91 Å². The second-order valence-electron chi connectivity index (χ2n) is 4.01. The van der Waals surface area contributed by atoms with E-state index in [1.54, 1.807) is 0 Å². The molecule has 0 bridgehead atoms. The van der Waals surface area contributed by atoms with Gasteiger partial charge in [-0.15, -0.1) is 0 Å². The minimum atomic E-state index is -0.751. The van der Waals surface area contributed by atoms with Crippen molar-refractivity contribution in [3.8, 4) is 0 Å². The van der Waals surface area contributed by atoms with E-state index in [-0.39, 0.29) is 18.6 Å². The van der Waals surface area contributed by atoms with Crippen LogP contribution in [-0.2, 0) is 14.3 Å². The van der Waals surface area contributed by atoms with Crippen LogP contribution in [0.5, 0.6) is 0 Å². The molecule has 2 fully saturated rings. The highest BCUT2D eigenvalue weighted by molar-refractivity contribution is 5.84. The summed E-state index contributed by atoms with van der Waals surface area (Å²) < 4.78 is 9.25. The first kappa shape index (κ1) is 10.3. The highest BCUT2D eigenvalue weighted by Crippen LogP contribution is 2.18. The van der Waals surface area contributed by atoms with E-state index in [9.17, 15) is 9.59 Å². The van der Waals surface area contributed by atoms with Crippen molar-refractivity contribution in [2.45, 2.75) is 44.2 Å². The van der Waals surface area contributed by atoms with E-state index in [0.29, 0.717) is 0 Å². The molecule has 5 nitrogen and oxygen atoms in total. The Labute approximate surface area is 88.1 Å². The summed E-state index contributed by atoms with van der Waals surface area (Å²) in [6.07, 6.45) is 4.10. The molecule has 2 aliphatic rings. The molecule has 0 aromatic rings. The summed E-state index contributed by atoms with van der Waals surface area (Å²) in [5.41, 5.74) is 0. The Kier molecular flexibility index (Phi) is 3.08. The topological polar surface area (TPSA) is 64.6 Å². The highest BCUT2D eigenvalue weighted by Gasteiger charge is 2.32. The summed E-state index contributed by atoms with van der Waals surface area (Å²) in [4.78, 5) is 22.2. The van der Waals surface area contributed by atoms with E-state index in [4.69, 9.17) is 4.74 Å². The van der Waals surface area contributed by atoms with Crippen molar-refractivity contribution in [1.82, 2.24) is 5.32 Å². The molecule has 1 heterocycles. The maximum atomic E-state index is 11.6. The zero-order chi connectivity index (χ0) is 10.7. The Morgan fingerprint density at radius 1 is 1.27 bits per heavy atom. The van der Waals surface area contributed by atoms with Crippen LogP contribution in [-0.4, -0.2) is 30.8 Å². The van der Waals surface area contributed by atoms with Crippen LogP contribution in [0.3, 0.4) is 0 Å². The fourth-order valence-electron chi connectivity index (χ4n) is 2.00. The van der Waals surface area contributed by atoms with Crippen LogP contribution in [0, 0.1) is 0 Å². The molecular formula is C10H15NO4. The minimum Gasteiger partial charge on any atom is -0.430 e. The summed E-state index contributed by atoms with van der Waals surface area (Å²) in [5, 5.41) is 2.89. The third kappa shape index (κ3) is 2.61. The van der Waals surface area contributed by atoms with Crippen LogP contribution < -0.4 is 5.32 Å². The van der Waals surface area contributed by atoms with Gasteiger partial charge in [0.05, 0.1) is 0 Å². The minimum absolute atomic E-state index is 0.0391. The number of rotatable bonds is 2. The van der Waals surface area contributed by atoms with Crippen LogP contribution >= 0.6 is 0 Å². The average Bonchev–Trinajstić information content (AvgIpc) is 2.66. The molecule has 1 saturated carbocycles. The Balaban J connectivity index is 1.78. The molecule has 0 aromatic heterocycles. The van der Waals surface area contributed by atoms with Gasteiger partial charge in [-0.25, -0.2) is 4.79 Å². The van der Waals surface area contributed by atoms with Gasteiger partial charge in [0.1, 0.15) is 6.61 Å². The summed E-state index contributed by atoms with van der Waals surface area (Å²) in [6.45, 7) is 0.0391. The fourth-order valence-corrected chi connectivity index (χ4v) is 2.00. The van der Waals surface area contributed by atoms with Crippen molar-refractivity contribution in [3.63, 3.8) is 0 Å². The SMILES string of the molecule is O=C1OCC(C(=O)NC2CCCCC2)O1. The molecule has 15 heavy (non-hydrogen) atoms. The normalized spacial score (nSPS) is 26.9. The molecule has 0 radical (unpaired) electrons. The predicted molar refractivity (Wildman–Crippen MR) is 51.2 cm³/mol. The maximum absolute atomic E-state index is 11.6. The molecule has 1 atom stereocenters. The van der Waals surface area contributed by atoms with Gasteiger partial charge in [0.2, 0.25) is 6.10 Å². The smallest absolute Gasteiger partial charge is 0.430 e. The molecule has 84 valence electrons. The lowest BCUT2D eigenvalue weighted by Gasteiger charge is -2.23. The van der Waals surface area contributed by atoms with E-state index in [1.807, 2.05) is 0 Å². The zero-order valence-corrected chi connectivity index (χ0v) is 8.53. The van der Waals surface area contributed by atoms with Gasteiger partial charge in [-0.3, -0.25) is 4.79 Å². The van der Waals surface area contributed by atoms with E-state index in [0.717, 1.165) is 25.7 Å². The number of cyclic esters (lactones) is 2. The van der Waals surface area contributed by atoms with Gasteiger partial charge in [-0.2, -0.15) is 0 Å². The molecule has 1 aliphatic carbocycles. The van der Waals surface area contributed by atoms with E-state index < -0.39 is 12.3 Å². The first-order chi connectivity index (χ1) is 7.25. The summed E-state index contributed by atoms with van der Waals surface area (Å²) in [5.74, 6) is -0.229. The summed E-state index contributed by atoms with van der Waals surface area (Å²) in [7, 11) is 0. The second kappa shape index (κ2) is 4.51. The first-order valence-corrected chi connectivity index (χ1v) is 5.39. The lowest BCUT2D eigenvalue weighted by atomic mass is 9.95. The number of carbonyl (C=O) groups excluding carboxylic acids is 2.